The number of carbonyl (C=O) groups is 2. The maximum Gasteiger partial charge on any atom is 0.360 e. The third-order valence-electron chi connectivity index (χ3n) is 2.10. The molecule has 0 fully saturated rings. The Balaban J connectivity index is 1.95. The van der Waals surface area contributed by atoms with Gasteiger partial charge in [-0.3, -0.25) is 4.79 Å². The van der Waals surface area contributed by atoms with Crippen LogP contribution >= 0.6 is 11.3 Å². The largest absolute Gasteiger partial charge is 0.464 e. The van der Waals surface area contributed by atoms with E-state index in [-0.39, 0.29) is 18.1 Å². The Morgan fingerprint density at radius 3 is 2.95 bits per heavy atom. The van der Waals surface area contributed by atoms with Crippen molar-refractivity contribution in [3.63, 3.8) is 0 Å². The summed E-state index contributed by atoms with van der Waals surface area (Å²) in [5.41, 5.74) is 0.898. The van der Waals surface area contributed by atoms with Crippen molar-refractivity contribution in [2.45, 2.75) is 13.5 Å². The van der Waals surface area contributed by atoms with Gasteiger partial charge < -0.3 is 10.1 Å². The summed E-state index contributed by atoms with van der Waals surface area (Å²) in [4.78, 5) is 27.0. The van der Waals surface area contributed by atoms with Gasteiger partial charge in [0.25, 0.3) is 0 Å². The summed E-state index contributed by atoms with van der Waals surface area (Å²) in [5, 5.41) is 12.2. The third kappa shape index (κ3) is 3.35. The Bertz CT molecular complexity index is 606. The number of methoxy groups -OCH3 is 1. The highest BCUT2D eigenvalue weighted by Gasteiger charge is 2.12. The monoisotopic (exact) mass is 281 g/mol. The molecule has 0 aliphatic carbocycles. The lowest BCUT2D eigenvalue weighted by Gasteiger charge is -2.00. The van der Waals surface area contributed by atoms with Gasteiger partial charge >= 0.3 is 5.97 Å². The number of amides is 1. The second-order valence-corrected chi connectivity index (χ2v) is 4.49. The number of aryl methyl sites for hydroxylation is 1. The summed E-state index contributed by atoms with van der Waals surface area (Å²) in [6.07, 6.45) is 1.35. The first-order valence-electron chi connectivity index (χ1n) is 5.29. The van der Waals surface area contributed by atoms with Crippen LogP contribution in [0.3, 0.4) is 0 Å². The van der Waals surface area contributed by atoms with E-state index in [9.17, 15) is 9.59 Å². The summed E-state index contributed by atoms with van der Waals surface area (Å²) >= 11 is 1.34. The molecule has 9 heteroatoms. The van der Waals surface area contributed by atoms with Crippen LogP contribution in [0.2, 0.25) is 0 Å². The Hall–Kier alpha value is -2.29. The predicted molar refractivity (Wildman–Crippen MR) is 66.8 cm³/mol. The van der Waals surface area contributed by atoms with Crippen LogP contribution in [-0.2, 0) is 16.1 Å². The Morgan fingerprint density at radius 1 is 1.53 bits per heavy atom. The molecular weight excluding hydrogens is 270 g/mol. The van der Waals surface area contributed by atoms with Gasteiger partial charge in [-0.2, -0.15) is 0 Å². The van der Waals surface area contributed by atoms with E-state index in [1.807, 2.05) is 12.3 Å². The van der Waals surface area contributed by atoms with Crippen molar-refractivity contribution in [3.8, 4) is 0 Å². The van der Waals surface area contributed by atoms with E-state index in [0.717, 1.165) is 5.69 Å². The molecule has 0 saturated heterocycles. The summed E-state index contributed by atoms with van der Waals surface area (Å²) in [7, 11) is 1.25. The van der Waals surface area contributed by atoms with Gasteiger partial charge in [0.15, 0.2) is 10.8 Å². The molecule has 100 valence electrons. The second-order valence-electron chi connectivity index (χ2n) is 3.64. The summed E-state index contributed by atoms with van der Waals surface area (Å²) in [5.74, 6) is -0.891. The molecule has 2 rings (SSSR count). The van der Waals surface area contributed by atoms with Crippen LogP contribution < -0.4 is 5.32 Å². The standard InChI is InChI=1S/C10H11N5O3S/c1-6-5-19-10(11-6)12-8(16)4-15-3-7(13-14-15)9(17)18-2/h3,5H,4H2,1-2H3,(H,11,12,16). The smallest absolute Gasteiger partial charge is 0.360 e. The number of carbonyl (C=O) groups excluding carboxylic acids is 2. The molecule has 1 amide bonds. The van der Waals surface area contributed by atoms with Crippen LogP contribution in [0.4, 0.5) is 5.13 Å². The molecular formula is C10H11N5O3S. The first-order chi connectivity index (χ1) is 9.08. The number of esters is 1. The van der Waals surface area contributed by atoms with Gasteiger partial charge in [0.2, 0.25) is 5.91 Å². The second kappa shape index (κ2) is 5.57. The summed E-state index contributed by atoms with van der Waals surface area (Å²) in [6.45, 7) is 1.79. The van der Waals surface area contributed by atoms with Crippen molar-refractivity contribution < 1.29 is 14.3 Å². The first-order valence-corrected chi connectivity index (χ1v) is 6.17. The van der Waals surface area contributed by atoms with Gasteiger partial charge in [-0.25, -0.2) is 14.5 Å². The van der Waals surface area contributed by atoms with Crippen LogP contribution in [0.5, 0.6) is 0 Å². The number of thiazole rings is 1. The maximum atomic E-state index is 11.7. The Morgan fingerprint density at radius 2 is 2.32 bits per heavy atom. The van der Waals surface area contributed by atoms with E-state index in [2.05, 4.69) is 25.3 Å². The van der Waals surface area contributed by atoms with Crippen LogP contribution in [0, 0.1) is 6.92 Å². The molecule has 19 heavy (non-hydrogen) atoms. The molecule has 8 nitrogen and oxygen atoms in total. The van der Waals surface area contributed by atoms with Crippen LogP contribution in [0.1, 0.15) is 16.2 Å². The van der Waals surface area contributed by atoms with Crippen molar-refractivity contribution in [2.24, 2.45) is 0 Å². The zero-order chi connectivity index (χ0) is 13.8. The molecule has 0 saturated carbocycles. The van der Waals surface area contributed by atoms with Crippen molar-refractivity contribution in [1.82, 2.24) is 20.0 Å². The lowest BCUT2D eigenvalue weighted by atomic mass is 10.5. The van der Waals surface area contributed by atoms with E-state index >= 15 is 0 Å². The Kier molecular flexibility index (Phi) is 3.85. The number of aromatic nitrogens is 4. The average Bonchev–Trinajstić information content (AvgIpc) is 2.98. The molecule has 0 aromatic carbocycles. The number of nitrogens with one attached hydrogen (secondary N) is 1. The normalized spacial score (nSPS) is 10.2. The fourth-order valence-electron chi connectivity index (χ4n) is 1.29. The summed E-state index contributed by atoms with van der Waals surface area (Å²) in [6, 6.07) is 0. The molecule has 0 radical (unpaired) electrons. The molecule has 0 atom stereocenters. The third-order valence-corrected chi connectivity index (χ3v) is 2.98. The van der Waals surface area contributed by atoms with E-state index in [4.69, 9.17) is 0 Å². The lowest BCUT2D eigenvalue weighted by molar-refractivity contribution is -0.116. The van der Waals surface area contributed by atoms with Crippen LogP contribution in [0.25, 0.3) is 0 Å². The van der Waals surface area contributed by atoms with Gasteiger partial charge in [-0.05, 0) is 6.92 Å². The lowest BCUT2D eigenvalue weighted by Crippen LogP contribution is -2.19. The number of hydrogen-bond acceptors (Lipinski definition) is 7. The zero-order valence-electron chi connectivity index (χ0n) is 10.3. The van der Waals surface area contributed by atoms with Crippen molar-refractivity contribution in [2.75, 3.05) is 12.4 Å². The molecule has 0 aliphatic heterocycles. The van der Waals surface area contributed by atoms with E-state index < -0.39 is 5.97 Å². The number of hydrogen-bond donors (Lipinski definition) is 1. The first kappa shape index (κ1) is 13.1. The Labute approximate surface area is 112 Å². The molecule has 0 bridgehead atoms. The SMILES string of the molecule is COC(=O)c1cn(CC(=O)Nc2nc(C)cs2)nn1. The highest BCUT2D eigenvalue weighted by atomic mass is 32.1. The van der Waals surface area contributed by atoms with Crippen molar-refractivity contribution in [1.29, 1.82) is 0 Å². The van der Waals surface area contributed by atoms with E-state index in [1.165, 1.54) is 29.3 Å². The van der Waals surface area contributed by atoms with Gasteiger partial charge in [-0.1, -0.05) is 5.21 Å². The number of anilines is 1. The van der Waals surface area contributed by atoms with E-state index in [1.54, 1.807) is 0 Å². The van der Waals surface area contributed by atoms with Crippen molar-refractivity contribution >= 4 is 28.3 Å². The van der Waals surface area contributed by atoms with Gasteiger partial charge in [0.1, 0.15) is 6.54 Å². The quantitative estimate of drug-likeness (QED) is 0.818. The van der Waals surface area contributed by atoms with Crippen molar-refractivity contribution in [3.05, 3.63) is 23.0 Å². The van der Waals surface area contributed by atoms with Gasteiger partial charge in [-0.15, -0.1) is 16.4 Å². The fourth-order valence-corrected chi connectivity index (χ4v) is 2.00. The molecule has 2 heterocycles. The molecule has 1 N–H and O–H groups in total. The molecule has 0 spiro atoms. The zero-order valence-corrected chi connectivity index (χ0v) is 11.1. The molecule has 0 unspecified atom stereocenters. The van der Waals surface area contributed by atoms with E-state index in [0.29, 0.717) is 5.13 Å². The summed E-state index contributed by atoms with van der Waals surface area (Å²) < 4.78 is 5.74. The van der Waals surface area contributed by atoms with Gasteiger partial charge in [0.05, 0.1) is 19.0 Å². The van der Waals surface area contributed by atoms with Crippen LogP contribution in [-0.4, -0.2) is 39.0 Å². The highest BCUT2D eigenvalue weighted by Crippen LogP contribution is 2.14. The number of nitrogens with zero attached hydrogens (tertiary/aromatic N) is 4. The minimum absolute atomic E-state index is 0.0530. The minimum atomic E-state index is -0.595. The van der Waals surface area contributed by atoms with Gasteiger partial charge in [0, 0.05) is 5.38 Å². The predicted octanol–water partition coefficient (Wildman–Crippen LogP) is 0.468. The average molecular weight is 281 g/mol. The molecule has 0 aliphatic rings. The fraction of sp³-hybridized carbons (Fsp3) is 0.300. The molecule has 2 aromatic heterocycles. The minimum Gasteiger partial charge on any atom is -0.464 e. The molecule has 2 aromatic rings. The highest BCUT2D eigenvalue weighted by molar-refractivity contribution is 7.13. The van der Waals surface area contributed by atoms with Crippen LogP contribution in [0.15, 0.2) is 11.6 Å². The maximum absolute atomic E-state index is 11.7. The topological polar surface area (TPSA) is 99.0 Å². The number of ether oxygens (including phenoxy) is 1. The number of rotatable bonds is 4.